The highest BCUT2D eigenvalue weighted by atomic mass is 16.5. The van der Waals surface area contributed by atoms with Crippen molar-refractivity contribution in [1.82, 2.24) is 20.4 Å². The summed E-state index contributed by atoms with van der Waals surface area (Å²) in [6.07, 6.45) is 3.18. The van der Waals surface area contributed by atoms with E-state index in [1.54, 1.807) is 0 Å². The van der Waals surface area contributed by atoms with Crippen molar-refractivity contribution >= 4 is 0 Å². The van der Waals surface area contributed by atoms with Crippen molar-refractivity contribution in [3.8, 4) is 0 Å². The van der Waals surface area contributed by atoms with Gasteiger partial charge in [-0.05, 0) is 39.9 Å². The Morgan fingerprint density at radius 1 is 1.59 bits per heavy atom. The molecule has 1 aliphatic heterocycles. The number of nitrogens with one attached hydrogen (secondary N) is 1. The molecule has 96 valence electrons. The highest BCUT2D eigenvalue weighted by Gasteiger charge is 2.29. The second-order valence-electron chi connectivity index (χ2n) is 4.73. The second kappa shape index (κ2) is 5.60. The Morgan fingerprint density at radius 2 is 2.41 bits per heavy atom. The van der Waals surface area contributed by atoms with E-state index >= 15 is 0 Å². The molecule has 1 aliphatic rings. The van der Waals surface area contributed by atoms with E-state index < -0.39 is 0 Å². The van der Waals surface area contributed by atoms with E-state index in [0.29, 0.717) is 12.1 Å². The third kappa shape index (κ3) is 2.84. The van der Waals surface area contributed by atoms with Gasteiger partial charge in [0.15, 0.2) is 5.82 Å². The quantitative estimate of drug-likeness (QED) is 0.840. The lowest BCUT2D eigenvalue weighted by molar-refractivity contribution is 0.217. The van der Waals surface area contributed by atoms with E-state index in [1.165, 1.54) is 6.42 Å². The fraction of sp³-hybridized carbons (Fsp3) is 0.833. The summed E-state index contributed by atoms with van der Waals surface area (Å²) in [5, 5.41) is 7.24. The first kappa shape index (κ1) is 12.5. The van der Waals surface area contributed by atoms with Gasteiger partial charge in [0, 0.05) is 12.5 Å². The molecule has 0 saturated carbocycles. The number of rotatable bonds is 5. The molecular weight excluding hydrogens is 216 g/mol. The molecule has 1 fully saturated rings. The summed E-state index contributed by atoms with van der Waals surface area (Å²) < 4.78 is 5.40. The number of likely N-dealkylation sites (tertiary alicyclic amines) is 1. The van der Waals surface area contributed by atoms with Crippen molar-refractivity contribution in [2.75, 3.05) is 20.1 Å². The van der Waals surface area contributed by atoms with Gasteiger partial charge in [0.1, 0.15) is 0 Å². The Labute approximate surface area is 103 Å². The van der Waals surface area contributed by atoms with Crippen LogP contribution in [-0.4, -0.2) is 41.2 Å². The highest BCUT2D eigenvalue weighted by Crippen LogP contribution is 2.30. The summed E-state index contributed by atoms with van der Waals surface area (Å²) in [7, 11) is 1.95. The van der Waals surface area contributed by atoms with Crippen LogP contribution >= 0.6 is 0 Å². The minimum absolute atomic E-state index is 0.339. The number of hydrogen-bond acceptors (Lipinski definition) is 5. The molecule has 0 radical (unpaired) electrons. The van der Waals surface area contributed by atoms with Crippen LogP contribution in [0.1, 0.15) is 44.4 Å². The number of likely N-dealkylation sites (N-methyl/N-ethyl adjacent to an activating group) is 1. The van der Waals surface area contributed by atoms with Crippen molar-refractivity contribution in [3.05, 3.63) is 11.7 Å². The summed E-state index contributed by atoms with van der Waals surface area (Å²) in [6.45, 7) is 6.49. The van der Waals surface area contributed by atoms with Gasteiger partial charge in [0.05, 0.1) is 6.04 Å². The Morgan fingerprint density at radius 3 is 3.12 bits per heavy atom. The van der Waals surface area contributed by atoms with Gasteiger partial charge in [0.2, 0.25) is 5.89 Å². The van der Waals surface area contributed by atoms with Crippen LogP contribution in [0, 0.1) is 0 Å². The third-order valence-corrected chi connectivity index (χ3v) is 3.52. The molecule has 0 spiro atoms. The van der Waals surface area contributed by atoms with E-state index in [1.807, 2.05) is 7.05 Å². The first-order chi connectivity index (χ1) is 8.24. The minimum Gasteiger partial charge on any atom is -0.338 e. The molecule has 0 aromatic carbocycles. The van der Waals surface area contributed by atoms with E-state index in [-0.39, 0.29) is 0 Å². The van der Waals surface area contributed by atoms with Gasteiger partial charge in [-0.15, -0.1) is 0 Å². The first-order valence-electron chi connectivity index (χ1n) is 6.48. The molecule has 1 aromatic rings. The summed E-state index contributed by atoms with van der Waals surface area (Å²) in [5.41, 5.74) is 0. The molecule has 0 bridgehead atoms. The molecule has 1 N–H and O–H groups in total. The van der Waals surface area contributed by atoms with Gasteiger partial charge in [0.25, 0.3) is 0 Å². The van der Waals surface area contributed by atoms with Gasteiger partial charge in [-0.2, -0.15) is 4.98 Å². The van der Waals surface area contributed by atoms with E-state index in [2.05, 4.69) is 34.2 Å². The molecule has 17 heavy (non-hydrogen) atoms. The van der Waals surface area contributed by atoms with Gasteiger partial charge in [-0.3, -0.25) is 4.90 Å². The maximum absolute atomic E-state index is 5.40. The van der Waals surface area contributed by atoms with Crippen LogP contribution < -0.4 is 5.32 Å². The normalized spacial score (nSPS) is 23.1. The summed E-state index contributed by atoms with van der Waals surface area (Å²) >= 11 is 0. The molecular formula is C12H22N4O. The molecule has 5 nitrogen and oxygen atoms in total. The van der Waals surface area contributed by atoms with Crippen molar-refractivity contribution in [2.45, 2.75) is 45.2 Å². The van der Waals surface area contributed by atoms with Gasteiger partial charge in [-0.25, -0.2) is 0 Å². The molecule has 2 rings (SSSR count). The average Bonchev–Trinajstić information content (AvgIpc) is 2.95. The van der Waals surface area contributed by atoms with Gasteiger partial charge in [-0.1, -0.05) is 12.1 Å². The molecule has 5 heteroatoms. The maximum Gasteiger partial charge on any atom is 0.243 e. The molecule has 0 amide bonds. The van der Waals surface area contributed by atoms with Crippen molar-refractivity contribution < 1.29 is 4.52 Å². The summed E-state index contributed by atoms with van der Waals surface area (Å²) in [6, 6.07) is 0.720. The van der Waals surface area contributed by atoms with Crippen molar-refractivity contribution in [3.63, 3.8) is 0 Å². The van der Waals surface area contributed by atoms with Gasteiger partial charge < -0.3 is 9.84 Å². The Kier molecular flexibility index (Phi) is 4.12. The highest BCUT2D eigenvalue weighted by molar-refractivity contribution is 4.97. The standard InChI is InChI=1S/C12H22N4O/c1-4-16-7-5-6-10(16)12-14-11(15-17-12)8-9(2)13-3/h9-10,13H,4-8H2,1-3H3. The fourth-order valence-corrected chi connectivity index (χ4v) is 2.35. The maximum atomic E-state index is 5.40. The van der Waals surface area contributed by atoms with Crippen LogP contribution in [0.3, 0.4) is 0 Å². The van der Waals surface area contributed by atoms with Crippen LogP contribution in [0.5, 0.6) is 0 Å². The lowest BCUT2D eigenvalue weighted by Gasteiger charge is -2.18. The summed E-state index contributed by atoms with van der Waals surface area (Å²) in [5.74, 6) is 1.60. The third-order valence-electron chi connectivity index (χ3n) is 3.52. The Balaban J connectivity index is 2.02. The summed E-state index contributed by atoms with van der Waals surface area (Å²) in [4.78, 5) is 6.92. The zero-order valence-electron chi connectivity index (χ0n) is 10.9. The number of hydrogen-bond donors (Lipinski definition) is 1. The first-order valence-corrected chi connectivity index (χ1v) is 6.48. The van der Waals surface area contributed by atoms with E-state index in [0.717, 1.165) is 37.6 Å². The average molecular weight is 238 g/mol. The SMILES string of the molecule is CCN1CCCC1c1nc(CC(C)NC)no1. The fourth-order valence-electron chi connectivity index (χ4n) is 2.35. The molecule has 1 aromatic heterocycles. The minimum atomic E-state index is 0.339. The monoisotopic (exact) mass is 238 g/mol. The van der Waals surface area contributed by atoms with Crippen LogP contribution in [0.25, 0.3) is 0 Å². The van der Waals surface area contributed by atoms with Crippen molar-refractivity contribution in [1.29, 1.82) is 0 Å². The van der Waals surface area contributed by atoms with Gasteiger partial charge >= 0.3 is 0 Å². The largest absolute Gasteiger partial charge is 0.338 e. The molecule has 2 heterocycles. The molecule has 1 saturated heterocycles. The predicted molar refractivity (Wildman–Crippen MR) is 65.7 cm³/mol. The smallest absolute Gasteiger partial charge is 0.243 e. The number of aromatic nitrogens is 2. The van der Waals surface area contributed by atoms with Crippen LogP contribution in [0.4, 0.5) is 0 Å². The zero-order chi connectivity index (χ0) is 12.3. The molecule has 2 unspecified atom stereocenters. The number of nitrogens with zero attached hydrogens (tertiary/aromatic N) is 3. The zero-order valence-corrected chi connectivity index (χ0v) is 10.9. The molecule has 0 aliphatic carbocycles. The topological polar surface area (TPSA) is 54.2 Å². The Bertz CT molecular complexity index is 352. The van der Waals surface area contributed by atoms with Crippen LogP contribution in [0.2, 0.25) is 0 Å². The second-order valence-corrected chi connectivity index (χ2v) is 4.73. The predicted octanol–water partition coefficient (Wildman–Crippen LogP) is 1.38. The van der Waals surface area contributed by atoms with E-state index in [9.17, 15) is 0 Å². The van der Waals surface area contributed by atoms with Crippen LogP contribution in [-0.2, 0) is 6.42 Å². The van der Waals surface area contributed by atoms with Crippen molar-refractivity contribution in [2.24, 2.45) is 0 Å². The van der Waals surface area contributed by atoms with E-state index in [4.69, 9.17) is 4.52 Å². The molecule has 2 atom stereocenters. The lowest BCUT2D eigenvalue weighted by Crippen LogP contribution is -2.24. The Hall–Kier alpha value is -0.940. The van der Waals surface area contributed by atoms with Crippen LogP contribution in [0.15, 0.2) is 4.52 Å². The lowest BCUT2D eigenvalue weighted by atomic mass is 10.2.